The molecule has 0 fully saturated rings. The topological polar surface area (TPSA) is 44.1 Å². The zero-order valence-electron chi connectivity index (χ0n) is 18.4. The Hall–Kier alpha value is -2.28. The van der Waals surface area contributed by atoms with Crippen molar-refractivity contribution in [1.82, 2.24) is 9.55 Å². The number of thiophene rings is 1. The van der Waals surface area contributed by atoms with Gasteiger partial charge in [0, 0.05) is 15.7 Å². The zero-order valence-corrected chi connectivity index (χ0v) is 20.7. The molecule has 0 aliphatic rings. The second kappa shape index (κ2) is 10.1. The first kappa shape index (κ1) is 22.9. The van der Waals surface area contributed by atoms with Crippen molar-refractivity contribution in [3.05, 3.63) is 79.9 Å². The molecule has 0 atom stereocenters. The van der Waals surface area contributed by atoms with Crippen molar-refractivity contribution in [3.63, 3.8) is 0 Å². The highest BCUT2D eigenvalue weighted by atomic mass is 35.5. The molecule has 2 aromatic carbocycles. The van der Waals surface area contributed by atoms with E-state index in [0.29, 0.717) is 22.5 Å². The van der Waals surface area contributed by atoms with Gasteiger partial charge in [-0.25, -0.2) is 4.98 Å². The third-order valence-electron chi connectivity index (χ3n) is 5.17. The van der Waals surface area contributed by atoms with Gasteiger partial charge in [0.15, 0.2) is 5.16 Å². The first-order chi connectivity index (χ1) is 15.5. The van der Waals surface area contributed by atoms with Crippen LogP contribution in [0.5, 0.6) is 5.75 Å². The number of benzene rings is 2. The number of aryl methyl sites for hydroxylation is 2. The van der Waals surface area contributed by atoms with Crippen LogP contribution in [0.15, 0.2) is 58.5 Å². The third-order valence-corrected chi connectivity index (χ3v) is 7.66. The average Bonchev–Trinajstić information content (AvgIpc) is 3.09. The van der Waals surface area contributed by atoms with E-state index < -0.39 is 0 Å². The molecule has 4 rings (SSSR count). The van der Waals surface area contributed by atoms with Gasteiger partial charge >= 0.3 is 0 Å². The molecule has 7 heteroatoms. The summed E-state index contributed by atoms with van der Waals surface area (Å²) in [5.74, 6) is 1.45. The number of rotatable bonds is 8. The Labute approximate surface area is 201 Å². The fourth-order valence-corrected chi connectivity index (χ4v) is 6.12. The number of hydrogen-bond donors (Lipinski definition) is 0. The van der Waals surface area contributed by atoms with Gasteiger partial charge in [-0.15, -0.1) is 11.3 Å². The van der Waals surface area contributed by atoms with E-state index in [1.165, 1.54) is 4.88 Å². The second-order valence-corrected chi connectivity index (χ2v) is 9.92. The molecule has 2 aromatic heterocycles. The molecule has 0 N–H and O–H groups in total. The molecule has 2 heterocycles. The predicted molar refractivity (Wildman–Crippen MR) is 136 cm³/mol. The lowest BCUT2D eigenvalue weighted by molar-refractivity contribution is 0.340. The van der Waals surface area contributed by atoms with E-state index in [9.17, 15) is 4.79 Å². The molecule has 0 aliphatic carbocycles. The number of aromatic nitrogens is 2. The van der Waals surface area contributed by atoms with Crippen molar-refractivity contribution in [3.8, 4) is 11.4 Å². The zero-order chi connectivity index (χ0) is 22.7. The molecule has 4 nitrogen and oxygen atoms in total. The van der Waals surface area contributed by atoms with E-state index in [0.717, 1.165) is 45.6 Å². The lowest BCUT2D eigenvalue weighted by Gasteiger charge is -2.13. The van der Waals surface area contributed by atoms with Crippen LogP contribution < -0.4 is 10.3 Å². The minimum Gasteiger partial charge on any atom is -0.494 e. The van der Waals surface area contributed by atoms with Crippen LogP contribution in [-0.2, 0) is 12.2 Å². The molecule has 166 valence electrons. The van der Waals surface area contributed by atoms with E-state index in [4.69, 9.17) is 21.3 Å². The summed E-state index contributed by atoms with van der Waals surface area (Å²) < 4.78 is 7.30. The molecule has 0 spiro atoms. The van der Waals surface area contributed by atoms with Gasteiger partial charge in [-0.3, -0.25) is 9.36 Å². The van der Waals surface area contributed by atoms with Gasteiger partial charge in [0.2, 0.25) is 0 Å². The minimum absolute atomic E-state index is 0.0242. The summed E-state index contributed by atoms with van der Waals surface area (Å²) >= 11 is 9.34. The van der Waals surface area contributed by atoms with Crippen LogP contribution in [0.2, 0.25) is 5.02 Å². The summed E-state index contributed by atoms with van der Waals surface area (Å²) in [6.45, 7) is 6.74. The van der Waals surface area contributed by atoms with Gasteiger partial charge in [-0.05, 0) is 67.8 Å². The molecular formula is C25H25ClN2O2S2. The van der Waals surface area contributed by atoms with Gasteiger partial charge in [0.1, 0.15) is 10.6 Å². The molecule has 0 unspecified atom stereocenters. The predicted octanol–water partition coefficient (Wildman–Crippen LogP) is 7.05. The van der Waals surface area contributed by atoms with Gasteiger partial charge < -0.3 is 4.74 Å². The van der Waals surface area contributed by atoms with Crippen LogP contribution >= 0.6 is 34.7 Å². The third kappa shape index (κ3) is 4.72. The largest absolute Gasteiger partial charge is 0.494 e. The van der Waals surface area contributed by atoms with E-state index >= 15 is 0 Å². The van der Waals surface area contributed by atoms with Crippen LogP contribution in [0.4, 0.5) is 0 Å². The fraction of sp³-hybridized carbons (Fsp3) is 0.280. The second-order valence-electron chi connectivity index (χ2n) is 7.46. The molecule has 0 radical (unpaired) electrons. The maximum atomic E-state index is 13.7. The number of hydrogen-bond acceptors (Lipinski definition) is 5. The SMILES string of the molecule is CCCc1sc2nc(SCc3cccc(Cl)c3)n(-c3ccc(OCC)cc3)c(=O)c2c1C. The number of ether oxygens (including phenoxy) is 1. The van der Waals surface area contributed by atoms with E-state index in [2.05, 4.69) is 6.92 Å². The van der Waals surface area contributed by atoms with Crippen LogP contribution in [0, 0.1) is 6.92 Å². The van der Waals surface area contributed by atoms with E-state index in [1.807, 2.05) is 62.4 Å². The molecule has 0 amide bonds. The van der Waals surface area contributed by atoms with Gasteiger partial charge in [0.05, 0.1) is 17.7 Å². The first-order valence-electron chi connectivity index (χ1n) is 10.7. The summed E-state index contributed by atoms with van der Waals surface area (Å²) in [5.41, 5.74) is 2.90. The molecule has 0 saturated carbocycles. The van der Waals surface area contributed by atoms with Crippen molar-refractivity contribution < 1.29 is 4.74 Å². The molecular weight excluding hydrogens is 460 g/mol. The Kier molecular flexibility index (Phi) is 7.23. The van der Waals surface area contributed by atoms with E-state index in [1.54, 1.807) is 27.7 Å². The summed E-state index contributed by atoms with van der Waals surface area (Å²) in [7, 11) is 0. The lowest BCUT2D eigenvalue weighted by Crippen LogP contribution is -2.21. The number of fused-ring (bicyclic) bond motifs is 1. The van der Waals surface area contributed by atoms with E-state index in [-0.39, 0.29) is 5.56 Å². The summed E-state index contributed by atoms with van der Waals surface area (Å²) in [6, 6.07) is 15.4. The highest BCUT2D eigenvalue weighted by Crippen LogP contribution is 2.32. The Morgan fingerprint density at radius 1 is 1.16 bits per heavy atom. The van der Waals surface area contributed by atoms with Gasteiger partial charge in [-0.2, -0.15) is 0 Å². The molecule has 32 heavy (non-hydrogen) atoms. The van der Waals surface area contributed by atoms with Gasteiger partial charge in [0.25, 0.3) is 5.56 Å². The lowest BCUT2D eigenvalue weighted by atomic mass is 10.1. The van der Waals surface area contributed by atoms with Crippen LogP contribution in [0.1, 0.15) is 36.3 Å². The standard InChI is InChI=1S/C25H25ClN2O2S2/c1-4-7-21-16(3)22-23(32-21)27-25(31-15-17-8-6-9-18(26)14-17)28(24(22)29)19-10-12-20(13-11-19)30-5-2/h6,8-14H,4-5,7,15H2,1-3H3. The minimum atomic E-state index is -0.0242. The quantitative estimate of drug-likeness (QED) is 0.198. The molecule has 0 bridgehead atoms. The monoisotopic (exact) mass is 484 g/mol. The highest BCUT2D eigenvalue weighted by Gasteiger charge is 2.19. The first-order valence-corrected chi connectivity index (χ1v) is 12.8. The van der Waals surface area contributed by atoms with Crippen molar-refractivity contribution in [2.75, 3.05) is 6.61 Å². The van der Waals surface area contributed by atoms with Gasteiger partial charge in [-0.1, -0.05) is 48.8 Å². The number of nitrogens with zero attached hydrogens (tertiary/aromatic N) is 2. The maximum absolute atomic E-state index is 13.7. The van der Waals surface area contributed by atoms with Crippen molar-refractivity contribution in [2.24, 2.45) is 0 Å². The van der Waals surface area contributed by atoms with Crippen LogP contribution in [0.3, 0.4) is 0 Å². The molecule has 4 aromatic rings. The smallest absolute Gasteiger partial charge is 0.267 e. The van der Waals surface area contributed by atoms with Crippen molar-refractivity contribution >= 4 is 44.9 Å². The summed E-state index contributed by atoms with van der Waals surface area (Å²) in [6.07, 6.45) is 2.00. The maximum Gasteiger partial charge on any atom is 0.267 e. The van der Waals surface area contributed by atoms with Crippen LogP contribution in [-0.4, -0.2) is 16.2 Å². The summed E-state index contributed by atoms with van der Waals surface area (Å²) in [4.78, 5) is 20.7. The Bertz CT molecular complexity index is 1300. The van der Waals surface area contributed by atoms with Crippen molar-refractivity contribution in [2.45, 2.75) is 44.5 Å². The Morgan fingerprint density at radius 2 is 1.94 bits per heavy atom. The fourth-order valence-electron chi connectivity index (χ4n) is 3.63. The van der Waals surface area contributed by atoms with Crippen LogP contribution in [0.25, 0.3) is 15.9 Å². The number of thioether (sulfide) groups is 1. The van der Waals surface area contributed by atoms with Crippen molar-refractivity contribution in [1.29, 1.82) is 0 Å². The Morgan fingerprint density at radius 3 is 2.62 bits per heavy atom. The molecule has 0 saturated heterocycles. The highest BCUT2D eigenvalue weighted by molar-refractivity contribution is 7.98. The Balaban J connectivity index is 1.83. The summed E-state index contributed by atoms with van der Waals surface area (Å²) in [5, 5.41) is 2.10. The normalized spacial score (nSPS) is 11.2. The average molecular weight is 485 g/mol. The number of halogens is 1. The molecule has 0 aliphatic heterocycles.